The second-order valence-electron chi connectivity index (χ2n) is 4.09. The number of aryl methyl sites for hydroxylation is 1. The summed E-state index contributed by atoms with van der Waals surface area (Å²) in [5.74, 6) is 2.86. The van der Waals surface area contributed by atoms with Gasteiger partial charge in [-0.25, -0.2) is 0 Å². The standard InChI is InChI=1S/C10H17N3/c1-8(2)10-12-11-9-6-4-3-5-7-13(9)10/h8H,3-7H2,1-2H3. The molecule has 2 heterocycles. The van der Waals surface area contributed by atoms with Gasteiger partial charge in [0.05, 0.1) is 0 Å². The zero-order valence-corrected chi connectivity index (χ0v) is 8.45. The summed E-state index contributed by atoms with van der Waals surface area (Å²) in [7, 11) is 0. The van der Waals surface area contributed by atoms with Gasteiger partial charge in [-0.05, 0) is 12.8 Å². The molecule has 0 aromatic carbocycles. The van der Waals surface area contributed by atoms with Crippen LogP contribution in [-0.2, 0) is 13.0 Å². The highest BCUT2D eigenvalue weighted by molar-refractivity contribution is 5.01. The summed E-state index contributed by atoms with van der Waals surface area (Å²) in [6.07, 6.45) is 5.00. The number of nitrogens with zero attached hydrogens (tertiary/aromatic N) is 3. The Hall–Kier alpha value is -0.860. The fourth-order valence-electron chi connectivity index (χ4n) is 1.93. The van der Waals surface area contributed by atoms with E-state index in [2.05, 4.69) is 28.6 Å². The van der Waals surface area contributed by atoms with Gasteiger partial charge in [-0.2, -0.15) is 0 Å². The molecule has 0 spiro atoms. The predicted molar refractivity (Wildman–Crippen MR) is 51.7 cm³/mol. The van der Waals surface area contributed by atoms with Crippen LogP contribution in [0, 0.1) is 0 Å². The molecule has 0 radical (unpaired) electrons. The third-order valence-electron chi connectivity index (χ3n) is 2.65. The second kappa shape index (κ2) is 3.48. The summed E-state index contributed by atoms with van der Waals surface area (Å²) in [5, 5.41) is 8.50. The Morgan fingerprint density at radius 2 is 2.00 bits per heavy atom. The molecule has 3 heteroatoms. The summed E-state index contributed by atoms with van der Waals surface area (Å²) < 4.78 is 2.32. The lowest BCUT2D eigenvalue weighted by Gasteiger charge is -2.08. The van der Waals surface area contributed by atoms with E-state index in [0.717, 1.165) is 18.8 Å². The molecular weight excluding hydrogens is 162 g/mol. The molecule has 2 rings (SSSR count). The Morgan fingerprint density at radius 1 is 1.15 bits per heavy atom. The molecule has 0 saturated heterocycles. The third kappa shape index (κ3) is 1.60. The van der Waals surface area contributed by atoms with Crippen molar-refractivity contribution in [2.45, 2.75) is 52.0 Å². The zero-order chi connectivity index (χ0) is 9.26. The highest BCUT2D eigenvalue weighted by Crippen LogP contribution is 2.18. The van der Waals surface area contributed by atoms with E-state index >= 15 is 0 Å². The Labute approximate surface area is 79.2 Å². The molecule has 72 valence electrons. The summed E-state index contributed by atoms with van der Waals surface area (Å²) >= 11 is 0. The number of hydrogen-bond donors (Lipinski definition) is 0. The Balaban J connectivity index is 2.34. The summed E-state index contributed by atoms with van der Waals surface area (Å²) in [6.45, 7) is 5.49. The van der Waals surface area contributed by atoms with E-state index in [9.17, 15) is 0 Å². The third-order valence-corrected chi connectivity index (χ3v) is 2.65. The van der Waals surface area contributed by atoms with Crippen LogP contribution in [0.3, 0.4) is 0 Å². The van der Waals surface area contributed by atoms with Gasteiger partial charge in [0, 0.05) is 18.9 Å². The van der Waals surface area contributed by atoms with E-state index in [-0.39, 0.29) is 0 Å². The maximum absolute atomic E-state index is 4.25. The van der Waals surface area contributed by atoms with Crippen molar-refractivity contribution in [1.29, 1.82) is 0 Å². The van der Waals surface area contributed by atoms with Gasteiger partial charge in [0.1, 0.15) is 11.6 Å². The van der Waals surface area contributed by atoms with Crippen LogP contribution >= 0.6 is 0 Å². The van der Waals surface area contributed by atoms with Crippen molar-refractivity contribution in [3.8, 4) is 0 Å². The van der Waals surface area contributed by atoms with Crippen LogP contribution < -0.4 is 0 Å². The van der Waals surface area contributed by atoms with Crippen LogP contribution in [-0.4, -0.2) is 14.8 Å². The fourth-order valence-corrected chi connectivity index (χ4v) is 1.93. The number of aromatic nitrogens is 3. The van der Waals surface area contributed by atoms with Gasteiger partial charge in [-0.1, -0.05) is 20.3 Å². The largest absolute Gasteiger partial charge is 0.315 e. The van der Waals surface area contributed by atoms with Crippen molar-refractivity contribution in [3.63, 3.8) is 0 Å². The SMILES string of the molecule is CC(C)c1nnc2n1CCCCC2. The van der Waals surface area contributed by atoms with Crippen molar-refractivity contribution in [2.24, 2.45) is 0 Å². The fraction of sp³-hybridized carbons (Fsp3) is 0.800. The average Bonchev–Trinajstić information content (AvgIpc) is 2.36. The molecular formula is C10H17N3. The molecule has 3 nitrogen and oxygen atoms in total. The minimum Gasteiger partial charge on any atom is -0.315 e. The molecule has 0 saturated carbocycles. The lowest BCUT2D eigenvalue weighted by atomic mass is 10.2. The first kappa shape index (κ1) is 8.73. The van der Waals surface area contributed by atoms with E-state index in [0.29, 0.717) is 5.92 Å². The van der Waals surface area contributed by atoms with Gasteiger partial charge in [0.2, 0.25) is 0 Å². The van der Waals surface area contributed by atoms with Gasteiger partial charge in [0.15, 0.2) is 0 Å². The lowest BCUT2D eigenvalue weighted by molar-refractivity contribution is 0.586. The quantitative estimate of drug-likeness (QED) is 0.661. The van der Waals surface area contributed by atoms with Crippen LogP contribution in [0.2, 0.25) is 0 Å². The monoisotopic (exact) mass is 179 g/mol. The summed E-state index contributed by atoms with van der Waals surface area (Å²) in [6, 6.07) is 0. The van der Waals surface area contributed by atoms with Crippen LogP contribution in [0.4, 0.5) is 0 Å². The molecule has 1 aliphatic heterocycles. The Bertz CT molecular complexity index is 288. The van der Waals surface area contributed by atoms with Gasteiger partial charge in [0.25, 0.3) is 0 Å². The van der Waals surface area contributed by atoms with E-state index in [1.54, 1.807) is 0 Å². The molecule has 0 N–H and O–H groups in total. The van der Waals surface area contributed by atoms with E-state index in [4.69, 9.17) is 0 Å². The average molecular weight is 179 g/mol. The zero-order valence-electron chi connectivity index (χ0n) is 8.45. The number of rotatable bonds is 1. The number of fused-ring (bicyclic) bond motifs is 1. The molecule has 0 amide bonds. The molecule has 0 unspecified atom stereocenters. The molecule has 0 fully saturated rings. The maximum Gasteiger partial charge on any atom is 0.135 e. The first-order valence-electron chi connectivity index (χ1n) is 5.21. The van der Waals surface area contributed by atoms with E-state index in [1.165, 1.54) is 25.1 Å². The molecule has 0 bridgehead atoms. The topological polar surface area (TPSA) is 30.7 Å². The molecule has 0 atom stereocenters. The first-order chi connectivity index (χ1) is 6.29. The minimum atomic E-state index is 0.499. The van der Waals surface area contributed by atoms with Gasteiger partial charge in [-0.15, -0.1) is 10.2 Å². The Kier molecular flexibility index (Phi) is 2.34. The molecule has 13 heavy (non-hydrogen) atoms. The van der Waals surface area contributed by atoms with Crippen LogP contribution in [0.5, 0.6) is 0 Å². The molecule has 1 aromatic heterocycles. The summed E-state index contributed by atoms with van der Waals surface area (Å²) in [4.78, 5) is 0. The van der Waals surface area contributed by atoms with Gasteiger partial charge < -0.3 is 4.57 Å². The van der Waals surface area contributed by atoms with Crippen molar-refractivity contribution in [3.05, 3.63) is 11.6 Å². The predicted octanol–water partition coefficient (Wildman–Crippen LogP) is 2.13. The molecule has 0 aliphatic carbocycles. The van der Waals surface area contributed by atoms with Crippen LogP contribution in [0.25, 0.3) is 0 Å². The van der Waals surface area contributed by atoms with E-state index < -0.39 is 0 Å². The van der Waals surface area contributed by atoms with Crippen molar-refractivity contribution in [1.82, 2.24) is 14.8 Å². The lowest BCUT2D eigenvalue weighted by Crippen LogP contribution is -2.07. The molecule has 1 aromatic rings. The second-order valence-corrected chi connectivity index (χ2v) is 4.09. The number of hydrogen-bond acceptors (Lipinski definition) is 2. The maximum atomic E-state index is 4.25. The Morgan fingerprint density at radius 3 is 2.77 bits per heavy atom. The normalized spacial score (nSPS) is 17.2. The highest BCUT2D eigenvalue weighted by atomic mass is 15.3. The van der Waals surface area contributed by atoms with Crippen molar-refractivity contribution in [2.75, 3.05) is 0 Å². The smallest absolute Gasteiger partial charge is 0.135 e. The van der Waals surface area contributed by atoms with Crippen LogP contribution in [0.15, 0.2) is 0 Å². The van der Waals surface area contributed by atoms with Crippen LogP contribution in [0.1, 0.15) is 50.7 Å². The van der Waals surface area contributed by atoms with Gasteiger partial charge >= 0.3 is 0 Å². The minimum absolute atomic E-state index is 0.499. The van der Waals surface area contributed by atoms with Gasteiger partial charge in [-0.3, -0.25) is 0 Å². The highest BCUT2D eigenvalue weighted by Gasteiger charge is 2.15. The van der Waals surface area contributed by atoms with Crippen molar-refractivity contribution < 1.29 is 0 Å². The molecule has 1 aliphatic rings. The van der Waals surface area contributed by atoms with E-state index in [1.807, 2.05) is 0 Å². The summed E-state index contributed by atoms with van der Waals surface area (Å²) in [5.41, 5.74) is 0. The first-order valence-corrected chi connectivity index (χ1v) is 5.21. The van der Waals surface area contributed by atoms with Crippen molar-refractivity contribution >= 4 is 0 Å².